The van der Waals surface area contributed by atoms with Crippen molar-refractivity contribution in [3.8, 4) is 11.5 Å². The number of rotatable bonds is 7. The number of benzene rings is 2. The van der Waals surface area contributed by atoms with Crippen LogP contribution in [0.1, 0.15) is 22.6 Å². The highest BCUT2D eigenvalue weighted by Crippen LogP contribution is 2.27. The molecule has 2 aromatic carbocycles. The van der Waals surface area contributed by atoms with Crippen molar-refractivity contribution >= 4 is 22.7 Å². The fourth-order valence-corrected chi connectivity index (χ4v) is 3.98. The Hall–Kier alpha value is -3.26. The predicted molar refractivity (Wildman–Crippen MR) is 115 cm³/mol. The van der Waals surface area contributed by atoms with Gasteiger partial charge in [0.15, 0.2) is 6.61 Å². The van der Waals surface area contributed by atoms with Gasteiger partial charge >= 0.3 is 0 Å². The van der Waals surface area contributed by atoms with Gasteiger partial charge in [0.05, 0.1) is 12.6 Å². The fraction of sp³-hybridized carbons (Fsp3) is 0.227. The van der Waals surface area contributed by atoms with Crippen LogP contribution in [0.15, 0.2) is 56.9 Å². The minimum absolute atomic E-state index is 0.121. The van der Waals surface area contributed by atoms with Crippen LogP contribution in [0.5, 0.6) is 11.5 Å². The monoisotopic (exact) mass is 423 g/mol. The number of aryl methyl sites for hydroxylation is 2. The van der Waals surface area contributed by atoms with Crippen LogP contribution >= 0.6 is 11.8 Å². The number of thioether (sulfide) groups is 1. The van der Waals surface area contributed by atoms with Crippen molar-refractivity contribution in [2.45, 2.75) is 31.4 Å². The average Bonchev–Trinajstić information content (AvgIpc) is 3.19. The van der Waals surface area contributed by atoms with Crippen LogP contribution in [-0.4, -0.2) is 22.3 Å². The zero-order valence-electron chi connectivity index (χ0n) is 16.9. The Morgan fingerprint density at radius 1 is 1.07 bits per heavy atom. The molecule has 0 spiro atoms. The Balaban J connectivity index is 1.44. The molecule has 30 heavy (non-hydrogen) atoms. The summed E-state index contributed by atoms with van der Waals surface area (Å²) >= 11 is 1.39. The summed E-state index contributed by atoms with van der Waals surface area (Å²) in [7, 11) is 1.62. The first-order valence-corrected chi connectivity index (χ1v) is 10.4. The van der Waals surface area contributed by atoms with Crippen molar-refractivity contribution < 1.29 is 13.9 Å². The van der Waals surface area contributed by atoms with E-state index in [0.29, 0.717) is 22.6 Å². The number of hydrogen-bond acceptors (Lipinski definition) is 7. The van der Waals surface area contributed by atoms with Crippen LogP contribution in [0.25, 0.3) is 10.9 Å². The van der Waals surface area contributed by atoms with E-state index in [0.717, 1.165) is 33.3 Å². The van der Waals surface area contributed by atoms with E-state index in [2.05, 4.69) is 27.3 Å². The molecule has 0 aliphatic heterocycles. The zero-order valence-corrected chi connectivity index (χ0v) is 17.7. The van der Waals surface area contributed by atoms with Gasteiger partial charge in [-0.2, -0.15) is 0 Å². The topological polar surface area (TPSA) is 90.2 Å². The van der Waals surface area contributed by atoms with E-state index >= 15 is 0 Å². The number of H-pyrrole nitrogens is 1. The minimum Gasteiger partial charge on any atom is -0.497 e. The summed E-state index contributed by atoms with van der Waals surface area (Å²) in [4.78, 5) is 15.0. The summed E-state index contributed by atoms with van der Waals surface area (Å²) in [5, 5.41) is 9.56. The molecule has 0 unspecified atom stereocenters. The van der Waals surface area contributed by atoms with Gasteiger partial charge in [-0.25, -0.2) is 0 Å². The summed E-state index contributed by atoms with van der Waals surface area (Å²) in [6, 6.07) is 13.0. The largest absolute Gasteiger partial charge is 0.497 e. The lowest BCUT2D eigenvalue weighted by molar-refractivity contribution is 0.252. The highest BCUT2D eigenvalue weighted by molar-refractivity contribution is 7.98. The maximum absolute atomic E-state index is 12.1. The van der Waals surface area contributed by atoms with Gasteiger partial charge in [0.2, 0.25) is 5.56 Å². The number of fused-ring (bicyclic) bond motifs is 1. The van der Waals surface area contributed by atoms with Crippen LogP contribution < -0.4 is 15.0 Å². The Labute approximate surface area is 177 Å². The number of nitrogens with zero attached hydrogens (tertiary/aromatic N) is 2. The molecule has 0 aliphatic rings. The number of nitrogens with one attached hydrogen (secondary N) is 1. The highest BCUT2D eigenvalue weighted by Gasteiger charge is 2.11. The van der Waals surface area contributed by atoms with Gasteiger partial charge in [-0.1, -0.05) is 23.4 Å². The molecule has 0 fully saturated rings. The van der Waals surface area contributed by atoms with Crippen molar-refractivity contribution in [3.05, 3.63) is 75.4 Å². The van der Waals surface area contributed by atoms with Crippen LogP contribution in [0, 0.1) is 13.8 Å². The SMILES string of the molecule is COc1ccc(OCc2nnc(SCc3cc(=O)[nH]c4c(C)cc(C)cc34)o2)cc1. The van der Waals surface area contributed by atoms with Gasteiger partial charge in [0.1, 0.15) is 11.5 Å². The number of aromatic nitrogens is 3. The highest BCUT2D eigenvalue weighted by atomic mass is 32.2. The fourth-order valence-electron chi connectivity index (χ4n) is 3.21. The van der Waals surface area contributed by atoms with Crippen molar-refractivity contribution in [1.82, 2.24) is 15.2 Å². The molecule has 0 saturated carbocycles. The molecule has 0 aliphatic carbocycles. The molecule has 7 nitrogen and oxygen atoms in total. The summed E-state index contributed by atoms with van der Waals surface area (Å²) in [5.74, 6) is 2.38. The lowest BCUT2D eigenvalue weighted by Gasteiger charge is -2.08. The van der Waals surface area contributed by atoms with Crippen molar-refractivity contribution in [3.63, 3.8) is 0 Å². The van der Waals surface area contributed by atoms with E-state index < -0.39 is 0 Å². The first-order valence-electron chi connectivity index (χ1n) is 9.37. The third-order valence-electron chi connectivity index (χ3n) is 4.60. The van der Waals surface area contributed by atoms with E-state index in [1.54, 1.807) is 13.2 Å². The van der Waals surface area contributed by atoms with Crippen molar-refractivity contribution in [2.75, 3.05) is 7.11 Å². The third-order valence-corrected chi connectivity index (χ3v) is 5.47. The molecule has 4 aromatic rings. The summed E-state index contributed by atoms with van der Waals surface area (Å²) in [5.41, 5.74) is 3.87. The predicted octanol–water partition coefficient (Wildman–Crippen LogP) is 4.41. The van der Waals surface area contributed by atoms with Crippen LogP contribution in [0.4, 0.5) is 0 Å². The molecule has 8 heteroatoms. The smallest absolute Gasteiger partial charge is 0.277 e. The van der Waals surface area contributed by atoms with Crippen LogP contribution in [0.3, 0.4) is 0 Å². The second-order valence-corrected chi connectivity index (χ2v) is 7.80. The van der Waals surface area contributed by atoms with Crippen LogP contribution in [0.2, 0.25) is 0 Å². The lowest BCUT2D eigenvalue weighted by Crippen LogP contribution is -2.07. The van der Waals surface area contributed by atoms with Gasteiger partial charge in [-0.15, -0.1) is 10.2 Å². The van der Waals surface area contributed by atoms with Crippen molar-refractivity contribution in [1.29, 1.82) is 0 Å². The molecule has 0 radical (unpaired) electrons. The Morgan fingerprint density at radius 3 is 2.60 bits per heavy atom. The standard InChI is InChI=1S/C22H21N3O4S/c1-13-8-14(2)21-18(9-13)15(10-19(26)23-21)12-30-22-25-24-20(29-22)11-28-17-6-4-16(27-3)5-7-17/h4-10H,11-12H2,1-3H3,(H,23,26). The maximum atomic E-state index is 12.1. The number of methoxy groups -OCH3 is 1. The normalized spacial score (nSPS) is 11.0. The molecule has 0 bridgehead atoms. The van der Waals surface area contributed by atoms with Crippen LogP contribution in [-0.2, 0) is 12.4 Å². The lowest BCUT2D eigenvalue weighted by atomic mass is 10.0. The van der Waals surface area contributed by atoms with E-state index in [1.165, 1.54) is 11.8 Å². The second-order valence-electron chi connectivity index (χ2n) is 6.88. The van der Waals surface area contributed by atoms with E-state index in [4.69, 9.17) is 13.9 Å². The average molecular weight is 423 g/mol. The van der Waals surface area contributed by atoms with Gasteiger partial charge in [-0.05, 0) is 55.3 Å². The maximum Gasteiger partial charge on any atom is 0.277 e. The Kier molecular flexibility index (Phi) is 5.76. The minimum atomic E-state index is -0.121. The quantitative estimate of drug-likeness (QED) is 0.440. The molecule has 2 heterocycles. The van der Waals surface area contributed by atoms with Gasteiger partial charge in [0, 0.05) is 17.2 Å². The van der Waals surface area contributed by atoms with Gasteiger partial charge < -0.3 is 18.9 Å². The molecular weight excluding hydrogens is 402 g/mol. The first kappa shape index (κ1) is 20.0. The Morgan fingerprint density at radius 2 is 1.83 bits per heavy atom. The summed E-state index contributed by atoms with van der Waals surface area (Å²) in [6.45, 7) is 4.21. The first-order chi connectivity index (χ1) is 14.5. The van der Waals surface area contributed by atoms with Crippen molar-refractivity contribution in [2.24, 2.45) is 0 Å². The molecule has 0 saturated heterocycles. The molecule has 4 rings (SSSR count). The molecular formula is C22H21N3O4S. The zero-order chi connectivity index (χ0) is 21.1. The van der Waals surface area contributed by atoms with E-state index in [1.807, 2.05) is 38.1 Å². The summed E-state index contributed by atoms with van der Waals surface area (Å²) in [6.07, 6.45) is 0. The molecule has 0 amide bonds. The number of hydrogen-bond donors (Lipinski definition) is 1. The molecule has 1 N–H and O–H groups in total. The number of aromatic amines is 1. The van der Waals surface area contributed by atoms with Gasteiger partial charge in [0.25, 0.3) is 11.1 Å². The third kappa shape index (κ3) is 4.49. The van der Waals surface area contributed by atoms with E-state index in [-0.39, 0.29) is 12.2 Å². The Bertz CT molecular complexity index is 1230. The van der Waals surface area contributed by atoms with Gasteiger partial charge in [-0.3, -0.25) is 4.79 Å². The number of ether oxygens (including phenoxy) is 2. The summed E-state index contributed by atoms with van der Waals surface area (Å²) < 4.78 is 16.5. The molecule has 0 atom stereocenters. The second kappa shape index (κ2) is 8.62. The van der Waals surface area contributed by atoms with E-state index in [9.17, 15) is 4.79 Å². The number of pyridine rings is 1. The molecule has 154 valence electrons. The molecule has 2 aromatic heterocycles.